The first-order chi connectivity index (χ1) is 13.4. The molecule has 3 aromatic rings. The third kappa shape index (κ3) is 3.03. The van der Waals surface area contributed by atoms with Crippen LogP contribution in [0, 0.1) is 6.92 Å². The van der Waals surface area contributed by atoms with Crippen molar-refractivity contribution in [1.82, 2.24) is 4.98 Å². The van der Waals surface area contributed by atoms with Crippen molar-refractivity contribution in [1.29, 1.82) is 0 Å². The Kier molecular flexibility index (Phi) is 4.39. The number of aryl methyl sites for hydroxylation is 1. The molecule has 7 heteroatoms. The fourth-order valence-corrected chi connectivity index (χ4v) is 4.60. The minimum Gasteiger partial charge on any atom is -0.466 e. The monoisotopic (exact) mass is 394 g/mol. The van der Waals surface area contributed by atoms with E-state index in [1.54, 1.807) is 30.3 Å². The van der Waals surface area contributed by atoms with Crippen LogP contribution in [-0.4, -0.2) is 33.0 Å². The quantitative estimate of drug-likeness (QED) is 0.637. The van der Waals surface area contributed by atoms with Gasteiger partial charge in [0.05, 0.1) is 29.6 Å². The molecule has 142 valence electrons. The Morgan fingerprint density at radius 1 is 1.11 bits per heavy atom. The van der Waals surface area contributed by atoms with Crippen molar-refractivity contribution in [2.24, 2.45) is 0 Å². The highest BCUT2D eigenvalue weighted by Crippen LogP contribution is 2.34. The summed E-state index contributed by atoms with van der Waals surface area (Å²) >= 11 is 0. The predicted molar refractivity (Wildman–Crippen MR) is 107 cm³/mol. The number of esters is 1. The van der Waals surface area contributed by atoms with Crippen molar-refractivity contribution in [3.05, 3.63) is 71.3 Å². The molecule has 0 atom stereocenters. The van der Waals surface area contributed by atoms with E-state index in [1.807, 2.05) is 37.3 Å². The molecule has 0 radical (unpaired) electrons. The first kappa shape index (κ1) is 18.2. The Labute approximate surface area is 163 Å². The van der Waals surface area contributed by atoms with Crippen LogP contribution in [-0.2, 0) is 19.6 Å². The van der Waals surface area contributed by atoms with Crippen molar-refractivity contribution in [2.75, 3.05) is 18.0 Å². The summed E-state index contributed by atoms with van der Waals surface area (Å²) in [5, 5.41) is 0.858. The average molecular weight is 394 g/mol. The summed E-state index contributed by atoms with van der Waals surface area (Å²) in [4.78, 5) is 16.9. The molecule has 0 saturated carbocycles. The normalized spacial score (nSPS) is 13.8. The molecule has 0 spiro atoms. The second-order valence-electron chi connectivity index (χ2n) is 6.58. The fourth-order valence-electron chi connectivity index (χ4n) is 3.18. The van der Waals surface area contributed by atoms with Gasteiger partial charge in [0, 0.05) is 10.9 Å². The van der Waals surface area contributed by atoms with Crippen molar-refractivity contribution in [2.45, 2.75) is 11.8 Å². The molecule has 0 amide bonds. The van der Waals surface area contributed by atoms with Crippen LogP contribution in [0.15, 0.2) is 65.1 Å². The van der Waals surface area contributed by atoms with E-state index in [0.29, 0.717) is 16.9 Å². The summed E-state index contributed by atoms with van der Waals surface area (Å²) in [6.45, 7) is 1.75. The van der Waals surface area contributed by atoms with Crippen molar-refractivity contribution in [3.8, 4) is 0 Å². The molecule has 28 heavy (non-hydrogen) atoms. The van der Waals surface area contributed by atoms with Gasteiger partial charge >= 0.3 is 5.97 Å². The third-order valence-corrected chi connectivity index (χ3v) is 6.42. The molecule has 6 nitrogen and oxygen atoms in total. The molecule has 0 bridgehead atoms. The summed E-state index contributed by atoms with van der Waals surface area (Å²) in [5.41, 5.74) is 2.45. The predicted octanol–water partition coefficient (Wildman–Crippen LogP) is 3.31. The number of hydrogen-bond acceptors (Lipinski definition) is 5. The van der Waals surface area contributed by atoms with E-state index < -0.39 is 16.0 Å². The maximum Gasteiger partial charge on any atom is 0.335 e. The minimum absolute atomic E-state index is 0.138. The number of benzene rings is 2. The summed E-state index contributed by atoms with van der Waals surface area (Å²) in [7, 11) is -2.64. The molecule has 2 aromatic carbocycles. The number of carbonyl (C=O) groups is 1. The number of methoxy groups -OCH3 is 1. The van der Waals surface area contributed by atoms with Gasteiger partial charge in [0.1, 0.15) is 0 Å². The molecule has 0 fully saturated rings. The number of sulfonamides is 1. The Bertz CT molecular complexity index is 1210. The number of ether oxygens (including phenoxy) is 1. The number of pyridine rings is 1. The van der Waals surface area contributed by atoms with Crippen LogP contribution in [0.4, 0.5) is 5.82 Å². The van der Waals surface area contributed by atoms with Gasteiger partial charge in [-0.15, -0.1) is 0 Å². The molecule has 2 heterocycles. The number of nitrogens with zero attached hydrogens (tertiary/aromatic N) is 2. The van der Waals surface area contributed by atoms with Crippen LogP contribution in [0.3, 0.4) is 0 Å². The highest BCUT2D eigenvalue weighted by molar-refractivity contribution is 7.92. The van der Waals surface area contributed by atoms with Crippen LogP contribution in [0.1, 0.15) is 11.1 Å². The third-order valence-electron chi connectivity index (χ3n) is 4.67. The van der Waals surface area contributed by atoms with E-state index in [2.05, 4.69) is 4.98 Å². The van der Waals surface area contributed by atoms with Gasteiger partial charge in [0.25, 0.3) is 10.0 Å². The lowest BCUT2D eigenvalue weighted by Crippen LogP contribution is -2.37. The highest BCUT2D eigenvalue weighted by atomic mass is 32.2. The lowest BCUT2D eigenvalue weighted by atomic mass is 10.1. The molecule has 1 aliphatic rings. The van der Waals surface area contributed by atoms with Crippen molar-refractivity contribution >= 4 is 38.8 Å². The summed E-state index contributed by atoms with van der Waals surface area (Å²) in [5.74, 6) is -0.269. The largest absolute Gasteiger partial charge is 0.466 e. The van der Waals surface area contributed by atoms with Gasteiger partial charge in [0.15, 0.2) is 5.82 Å². The van der Waals surface area contributed by atoms with E-state index >= 15 is 0 Å². The Hall–Kier alpha value is -3.19. The molecular weight excluding hydrogens is 376 g/mol. The maximum absolute atomic E-state index is 13.4. The fraction of sp³-hybridized carbons (Fsp3) is 0.143. The maximum atomic E-state index is 13.4. The lowest BCUT2D eigenvalue weighted by Gasteiger charge is -2.29. The standard InChI is InChI=1S/C21H18N2O4S/c1-14-7-9-18(10-8-14)28(25,26)23-13-17(21(24)27-2)12-16-11-15-5-3-4-6-19(15)22-20(16)23/h3-12H,13H2,1-2H3. The zero-order valence-electron chi connectivity index (χ0n) is 15.4. The number of hydrogen-bond donors (Lipinski definition) is 0. The zero-order valence-corrected chi connectivity index (χ0v) is 16.2. The Morgan fingerprint density at radius 2 is 1.82 bits per heavy atom. The second kappa shape index (κ2) is 6.76. The number of rotatable bonds is 3. The summed E-state index contributed by atoms with van der Waals surface area (Å²) in [6.07, 6.45) is 1.64. The van der Waals surface area contributed by atoms with Crippen LogP contribution >= 0.6 is 0 Å². The van der Waals surface area contributed by atoms with Gasteiger partial charge in [0.2, 0.25) is 0 Å². The van der Waals surface area contributed by atoms with E-state index in [4.69, 9.17) is 4.74 Å². The number of aromatic nitrogens is 1. The highest BCUT2D eigenvalue weighted by Gasteiger charge is 2.33. The van der Waals surface area contributed by atoms with Gasteiger partial charge in [-0.3, -0.25) is 0 Å². The van der Waals surface area contributed by atoms with E-state index in [9.17, 15) is 13.2 Å². The number of carbonyl (C=O) groups excluding carboxylic acids is 1. The smallest absolute Gasteiger partial charge is 0.335 e. The van der Waals surface area contributed by atoms with Crippen molar-refractivity contribution in [3.63, 3.8) is 0 Å². The van der Waals surface area contributed by atoms with Gasteiger partial charge in [-0.2, -0.15) is 0 Å². The first-order valence-corrected chi connectivity index (χ1v) is 10.1. The average Bonchev–Trinajstić information content (AvgIpc) is 2.71. The van der Waals surface area contributed by atoms with Gasteiger partial charge in [-0.25, -0.2) is 22.5 Å². The second-order valence-corrected chi connectivity index (χ2v) is 8.44. The van der Waals surface area contributed by atoms with E-state index in [0.717, 1.165) is 10.9 Å². The van der Waals surface area contributed by atoms with Crippen LogP contribution in [0.25, 0.3) is 17.0 Å². The SMILES string of the molecule is COC(=O)C1=Cc2cc3ccccc3nc2N(S(=O)(=O)c2ccc(C)cc2)C1. The Balaban J connectivity index is 1.93. The topological polar surface area (TPSA) is 76.6 Å². The van der Waals surface area contributed by atoms with Crippen LogP contribution in [0.5, 0.6) is 0 Å². The number of fused-ring (bicyclic) bond motifs is 2. The Morgan fingerprint density at radius 3 is 2.54 bits per heavy atom. The van der Waals surface area contributed by atoms with Crippen LogP contribution in [0.2, 0.25) is 0 Å². The summed E-state index contributed by atoms with van der Waals surface area (Å²) in [6, 6.07) is 15.9. The van der Waals surface area contributed by atoms with Gasteiger partial charge in [-0.1, -0.05) is 35.9 Å². The van der Waals surface area contributed by atoms with Gasteiger partial charge in [-0.05, 0) is 37.3 Å². The zero-order chi connectivity index (χ0) is 19.9. The molecule has 1 aliphatic heterocycles. The molecule has 0 unspecified atom stereocenters. The number of anilines is 1. The minimum atomic E-state index is -3.91. The number of para-hydroxylation sites is 1. The van der Waals surface area contributed by atoms with Crippen LogP contribution < -0.4 is 4.31 Å². The van der Waals surface area contributed by atoms with Crippen molar-refractivity contribution < 1.29 is 17.9 Å². The first-order valence-electron chi connectivity index (χ1n) is 8.68. The molecule has 0 N–H and O–H groups in total. The molecule has 1 aromatic heterocycles. The van der Waals surface area contributed by atoms with E-state index in [1.165, 1.54) is 11.4 Å². The molecule has 4 rings (SSSR count). The summed E-state index contributed by atoms with van der Waals surface area (Å²) < 4.78 is 32.7. The molecule has 0 saturated heterocycles. The molecular formula is C21H18N2O4S. The molecule has 0 aliphatic carbocycles. The van der Waals surface area contributed by atoms with E-state index in [-0.39, 0.29) is 17.0 Å². The lowest BCUT2D eigenvalue weighted by molar-refractivity contribution is -0.136. The van der Waals surface area contributed by atoms with Gasteiger partial charge < -0.3 is 4.74 Å².